The molecule has 1 atom stereocenters. The Kier molecular flexibility index (Phi) is 7.33. The van der Waals surface area contributed by atoms with Crippen molar-refractivity contribution in [3.63, 3.8) is 0 Å². The van der Waals surface area contributed by atoms with Crippen molar-refractivity contribution in [1.29, 1.82) is 0 Å². The van der Waals surface area contributed by atoms with Crippen LogP contribution >= 0.6 is 11.6 Å². The number of halogens is 4. The Labute approximate surface area is 221 Å². The number of morpholine rings is 1. The molecule has 1 saturated heterocycles. The smallest absolute Gasteiger partial charge is 0.418 e. The molecule has 0 spiro atoms. The summed E-state index contributed by atoms with van der Waals surface area (Å²) in [4.78, 5) is 20.9. The van der Waals surface area contributed by atoms with E-state index in [0.717, 1.165) is 6.07 Å². The van der Waals surface area contributed by atoms with E-state index in [0.29, 0.717) is 42.8 Å². The first-order valence-corrected chi connectivity index (χ1v) is 12.3. The van der Waals surface area contributed by atoms with Crippen molar-refractivity contribution >= 4 is 40.4 Å². The Balaban J connectivity index is 1.47. The zero-order valence-corrected chi connectivity index (χ0v) is 20.8. The van der Waals surface area contributed by atoms with E-state index in [1.807, 2.05) is 0 Å². The van der Waals surface area contributed by atoms with Gasteiger partial charge in [-0.3, -0.25) is 4.79 Å². The first-order chi connectivity index (χ1) is 18.3. The topological polar surface area (TPSA) is 87.2 Å². The van der Waals surface area contributed by atoms with Crippen LogP contribution in [0.1, 0.15) is 15.9 Å². The molecule has 3 aromatic rings. The lowest BCUT2D eigenvalue weighted by Gasteiger charge is -2.37. The third-order valence-corrected chi connectivity index (χ3v) is 6.67. The number of fused-ring (bicyclic) bond motifs is 1. The molecule has 0 saturated carbocycles. The number of carbonyl (C=O) groups excluding carboxylic acids is 1. The van der Waals surface area contributed by atoms with Crippen LogP contribution in [0.4, 0.5) is 36.1 Å². The number of hydrogen-bond acceptors (Lipinski definition) is 7. The third kappa shape index (κ3) is 5.09. The lowest BCUT2D eigenvalue weighted by molar-refractivity contribution is -0.137. The third-order valence-electron chi connectivity index (χ3n) is 6.37. The molecule has 1 unspecified atom stereocenters. The molecule has 2 N–H and O–H groups in total. The highest BCUT2D eigenvalue weighted by Gasteiger charge is 2.36. The van der Waals surface area contributed by atoms with E-state index in [4.69, 9.17) is 21.1 Å². The average molecular weight is 549 g/mol. The summed E-state index contributed by atoms with van der Waals surface area (Å²) < 4.78 is 52.9. The Morgan fingerprint density at radius 3 is 2.63 bits per heavy atom. The summed E-state index contributed by atoms with van der Waals surface area (Å²) >= 11 is 6.37. The summed E-state index contributed by atoms with van der Waals surface area (Å²) in [6.07, 6.45) is -3.06. The van der Waals surface area contributed by atoms with Gasteiger partial charge in [-0.25, -0.2) is 4.98 Å². The van der Waals surface area contributed by atoms with Crippen molar-refractivity contribution < 1.29 is 32.5 Å². The molecule has 1 fully saturated rings. The number of para-hydroxylation sites is 1. The van der Waals surface area contributed by atoms with Gasteiger partial charge in [0, 0.05) is 30.7 Å². The second-order valence-corrected chi connectivity index (χ2v) is 9.17. The highest BCUT2D eigenvalue weighted by atomic mass is 35.5. The molecule has 2 aromatic carbocycles. The second kappa shape index (κ2) is 10.7. The number of hydrogen-bond donors (Lipinski definition) is 2. The maximum atomic E-state index is 13.9. The molecule has 0 bridgehead atoms. The van der Waals surface area contributed by atoms with Crippen molar-refractivity contribution in [3.05, 3.63) is 70.9 Å². The van der Waals surface area contributed by atoms with Crippen LogP contribution < -0.4 is 19.9 Å². The van der Waals surface area contributed by atoms with Crippen LogP contribution in [-0.2, 0) is 10.9 Å². The van der Waals surface area contributed by atoms with E-state index < -0.39 is 23.7 Å². The largest absolute Gasteiger partial charge is 0.488 e. The molecule has 5 rings (SSSR count). The highest BCUT2D eigenvalue weighted by molar-refractivity contribution is 6.33. The van der Waals surface area contributed by atoms with Gasteiger partial charge in [0.05, 0.1) is 47.7 Å². The van der Waals surface area contributed by atoms with Crippen LogP contribution in [0.25, 0.3) is 0 Å². The van der Waals surface area contributed by atoms with Crippen molar-refractivity contribution in [3.8, 4) is 5.75 Å². The number of aliphatic hydroxyl groups excluding tert-OH is 1. The minimum absolute atomic E-state index is 0.00870. The number of nitrogens with zero attached hydrogens (tertiary/aromatic N) is 3. The number of benzene rings is 2. The molecule has 12 heteroatoms. The Morgan fingerprint density at radius 1 is 1.13 bits per heavy atom. The number of ether oxygens (including phenoxy) is 2. The van der Waals surface area contributed by atoms with Gasteiger partial charge in [-0.05, 0) is 42.5 Å². The monoisotopic (exact) mass is 548 g/mol. The van der Waals surface area contributed by atoms with Gasteiger partial charge in [-0.15, -0.1) is 0 Å². The first kappa shape index (κ1) is 26.1. The van der Waals surface area contributed by atoms with Crippen LogP contribution in [0, 0.1) is 0 Å². The average Bonchev–Trinajstić information content (AvgIpc) is 2.92. The lowest BCUT2D eigenvalue weighted by Crippen LogP contribution is -2.43. The molecule has 2 aliphatic heterocycles. The van der Waals surface area contributed by atoms with Gasteiger partial charge in [0.1, 0.15) is 6.61 Å². The van der Waals surface area contributed by atoms with E-state index >= 15 is 0 Å². The van der Waals surface area contributed by atoms with Crippen molar-refractivity contribution in [1.82, 2.24) is 4.98 Å². The fourth-order valence-corrected chi connectivity index (χ4v) is 4.80. The van der Waals surface area contributed by atoms with Crippen LogP contribution in [0.15, 0.2) is 54.7 Å². The maximum absolute atomic E-state index is 13.9. The number of nitrogens with one attached hydrogen (secondary N) is 1. The van der Waals surface area contributed by atoms with E-state index in [2.05, 4.69) is 10.3 Å². The summed E-state index contributed by atoms with van der Waals surface area (Å²) in [5.41, 5.74) is -0.253. The molecule has 1 amide bonds. The predicted octanol–water partition coefficient (Wildman–Crippen LogP) is 4.73. The van der Waals surface area contributed by atoms with Gasteiger partial charge in [0.25, 0.3) is 5.91 Å². The zero-order chi connectivity index (χ0) is 26.9. The summed E-state index contributed by atoms with van der Waals surface area (Å²) in [7, 11) is 0. The zero-order valence-electron chi connectivity index (χ0n) is 20.0. The van der Waals surface area contributed by atoms with E-state index in [1.54, 1.807) is 40.3 Å². The Hall–Kier alpha value is -3.54. The van der Waals surface area contributed by atoms with Gasteiger partial charge in [-0.2, -0.15) is 13.2 Å². The van der Waals surface area contributed by atoms with E-state index in [1.165, 1.54) is 18.2 Å². The molecule has 8 nitrogen and oxygen atoms in total. The summed E-state index contributed by atoms with van der Waals surface area (Å²) in [6.45, 7) is 1.13. The quantitative estimate of drug-likeness (QED) is 0.476. The van der Waals surface area contributed by atoms with Crippen molar-refractivity contribution in [2.75, 3.05) is 54.6 Å². The highest BCUT2D eigenvalue weighted by Crippen LogP contribution is 2.43. The normalized spacial score (nSPS) is 17.6. The number of pyridine rings is 1. The molecular weight excluding hydrogens is 525 g/mol. The van der Waals surface area contributed by atoms with Crippen molar-refractivity contribution in [2.45, 2.75) is 12.2 Å². The summed E-state index contributed by atoms with van der Waals surface area (Å²) in [5.74, 6) is -0.0649. The summed E-state index contributed by atoms with van der Waals surface area (Å²) in [5, 5.41) is 12.9. The molecule has 38 heavy (non-hydrogen) atoms. The van der Waals surface area contributed by atoms with Gasteiger partial charge in [0.15, 0.2) is 11.6 Å². The summed E-state index contributed by atoms with van der Waals surface area (Å²) in [6, 6.07) is 11.4. The molecule has 2 aliphatic rings. The van der Waals surface area contributed by atoms with E-state index in [-0.39, 0.29) is 35.9 Å². The number of carbonyl (C=O) groups is 1. The predicted molar refractivity (Wildman–Crippen MR) is 137 cm³/mol. The number of aliphatic hydroxyl groups is 1. The van der Waals surface area contributed by atoms with Gasteiger partial charge >= 0.3 is 6.18 Å². The molecule has 200 valence electrons. The number of aromatic nitrogens is 1. The Morgan fingerprint density at radius 2 is 1.92 bits per heavy atom. The molecular formula is C26H24ClF3N4O4. The molecule has 3 heterocycles. The molecule has 0 radical (unpaired) electrons. The standard InChI is InChI=1S/C26H24ClF3N4O4/c27-20-4-2-8-31-24(20)34-17(14-35)15-38-23-18(3-1-5-22(23)34)25(36)32-16-6-7-21(19(13-16)26(28,29)30)33-9-11-37-12-10-33/h1-8,13,17,35H,9-12,14-15H2,(H,32,36). The molecule has 0 aliphatic carbocycles. The number of amides is 1. The van der Waals surface area contributed by atoms with Crippen LogP contribution in [0.3, 0.4) is 0 Å². The second-order valence-electron chi connectivity index (χ2n) is 8.76. The number of rotatable bonds is 5. The van der Waals surface area contributed by atoms with Gasteiger partial charge in [-0.1, -0.05) is 17.7 Å². The van der Waals surface area contributed by atoms with Crippen molar-refractivity contribution in [2.24, 2.45) is 0 Å². The minimum Gasteiger partial charge on any atom is -0.488 e. The lowest BCUT2D eigenvalue weighted by atomic mass is 10.1. The molecule has 1 aromatic heterocycles. The fraction of sp³-hybridized carbons (Fsp3) is 0.308. The van der Waals surface area contributed by atoms with E-state index in [9.17, 15) is 23.1 Å². The van der Waals surface area contributed by atoms with Crippen LogP contribution in [-0.4, -0.2) is 61.6 Å². The maximum Gasteiger partial charge on any atom is 0.418 e. The van der Waals surface area contributed by atoms with Crippen LogP contribution in [0.5, 0.6) is 5.75 Å². The minimum atomic E-state index is -4.62. The Bertz CT molecular complexity index is 1330. The number of anilines is 4. The SMILES string of the molecule is O=C(Nc1ccc(N2CCOCC2)c(C(F)(F)F)c1)c1cccc2c1OCC(CO)N2c1ncccc1Cl. The first-order valence-electron chi connectivity index (χ1n) is 11.9. The van der Waals surface area contributed by atoms with Gasteiger partial charge in [0.2, 0.25) is 0 Å². The fourth-order valence-electron chi connectivity index (χ4n) is 4.59. The van der Waals surface area contributed by atoms with Gasteiger partial charge < -0.3 is 29.7 Å². The van der Waals surface area contributed by atoms with Crippen LogP contribution in [0.2, 0.25) is 5.02 Å². The number of alkyl halides is 3.